The molecule has 0 heterocycles. The van der Waals surface area contributed by atoms with Gasteiger partial charge in [-0.3, -0.25) is 0 Å². The molecule has 0 unspecified atom stereocenters. The highest BCUT2D eigenvalue weighted by molar-refractivity contribution is 6.15. The zero-order valence-corrected chi connectivity index (χ0v) is 30.3. The minimum Gasteiger partial charge on any atom is -0.309 e. The lowest BCUT2D eigenvalue weighted by Crippen LogP contribution is -2.12. The number of anilines is 3. The molecule has 0 aliphatic heterocycles. The van der Waals surface area contributed by atoms with Crippen LogP contribution in [0.2, 0.25) is 0 Å². The highest BCUT2D eigenvalue weighted by Crippen LogP contribution is 2.49. The Labute approximate surface area is 322 Å². The topological polar surface area (TPSA) is 3.24 Å². The van der Waals surface area contributed by atoms with Gasteiger partial charge in [0.05, 0.1) is 11.4 Å². The minimum absolute atomic E-state index is 1.09. The molecule has 10 aromatic rings. The normalized spacial score (nSPS) is 11.3. The van der Waals surface area contributed by atoms with E-state index in [1.807, 2.05) is 0 Å². The van der Waals surface area contributed by atoms with E-state index in [0.717, 1.165) is 28.2 Å². The molecule has 0 fully saturated rings. The molecule has 0 saturated carbocycles. The van der Waals surface area contributed by atoms with Crippen molar-refractivity contribution in [3.63, 3.8) is 0 Å². The predicted molar refractivity (Wildman–Crippen MR) is 235 cm³/mol. The van der Waals surface area contributed by atoms with Gasteiger partial charge in [0.1, 0.15) is 0 Å². The summed E-state index contributed by atoms with van der Waals surface area (Å²) >= 11 is 0. The minimum atomic E-state index is 1.09. The molecular weight excluding hydrogens is 663 g/mol. The van der Waals surface area contributed by atoms with Gasteiger partial charge in [-0.1, -0.05) is 188 Å². The maximum absolute atomic E-state index is 2.47. The number of rotatable bonds is 7. The summed E-state index contributed by atoms with van der Waals surface area (Å²) in [4.78, 5) is 2.47. The summed E-state index contributed by atoms with van der Waals surface area (Å²) in [6, 6.07) is 81.6. The molecule has 1 heteroatoms. The Kier molecular flexibility index (Phi) is 8.24. The fourth-order valence-electron chi connectivity index (χ4n) is 8.22. The van der Waals surface area contributed by atoms with Crippen molar-refractivity contribution in [3.8, 4) is 44.5 Å². The van der Waals surface area contributed by atoms with E-state index in [9.17, 15) is 0 Å². The fourth-order valence-corrected chi connectivity index (χ4v) is 8.22. The molecule has 258 valence electrons. The van der Waals surface area contributed by atoms with Crippen LogP contribution < -0.4 is 4.90 Å². The van der Waals surface area contributed by atoms with E-state index in [0.29, 0.717) is 0 Å². The average Bonchev–Trinajstić information content (AvgIpc) is 3.27. The molecular formula is C54H37N. The molecule has 0 aliphatic rings. The van der Waals surface area contributed by atoms with Crippen LogP contribution in [0.3, 0.4) is 0 Å². The summed E-state index contributed by atoms with van der Waals surface area (Å²) in [5, 5.41) is 7.40. The van der Waals surface area contributed by atoms with E-state index in [1.165, 1.54) is 65.7 Å². The first-order valence-corrected chi connectivity index (χ1v) is 18.9. The molecule has 10 rings (SSSR count). The number of nitrogens with zero attached hydrogens (tertiary/aromatic N) is 1. The van der Waals surface area contributed by atoms with Crippen LogP contribution in [0.25, 0.3) is 76.8 Å². The Bertz CT molecular complexity index is 2940. The first-order valence-electron chi connectivity index (χ1n) is 18.9. The van der Waals surface area contributed by atoms with Crippen molar-refractivity contribution in [3.05, 3.63) is 224 Å². The molecule has 55 heavy (non-hydrogen) atoms. The van der Waals surface area contributed by atoms with Crippen LogP contribution in [0.4, 0.5) is 17.1 Å². The molecule has 1 nitrogen and oxygen atoms in total. The standard InChI is InChI=1S/C54H37N/c1-4-17-38(18-5-1)39-31-33-44(34-32-39)55(53-30-16-25-40-23-10-13-27-46(40)53)54-37-49(41-19-6-2-7-20-41)52(36-50(54)42-21-8-3-9-22-42)51-35-43-24-11-12-26-45(43)47-28-14-15-29-48(47)51/h1-37H. The van der Waals surface area contributed by atoms with Gasteiger partial charge in [0.25, 0.3) is 0 Å². The smallest absolute Gasteiger partial charge is 0.0546 e. The van der Waals surface area contributed by atoms with E-state index in [4.69, 9.17) is 0 Å². The fraction of sp³-hybridized carbons (Fsp3) is 0. The second kappa shape index (κ2) is 14.0. The summed E-state index contributed by atoms with van der Waals surface area (Å²) in [5.41, 5.74) is 12.8. The van der Waals surface area contributed by atoms with Gasteiger partial charge in [-0.05, 0) is 102 Å². The molecule has 0 radical (unpaired) electrons. The molecule has 0 amide bonds. The van der Waals surface area contributed by atoms with Gasteiger partial charge in [0.2, 0.25) is 0 Å². The zero-order valence-electron chi connectivity index (χ0n) is 30.3. The van der Waals surface area contributed by atoms with Crippen LogP contribution in [0.1, 0.15) is 0 Å². The number of fused-ring (bicyclic) bond motifs is 4. The predicted octanol–water partition coefficient (Wildman–Crippen LogP) is 15.3. The molecule has 0 saturated heterocycles. The van der Waals surface area contributed by atoms with Crippen LogP contribution in [-0.4, -0.2) is 0 Å². The van der Waals surface area contributed by atoms with Crippen LogP contribution in [0, 0.1) is 0 Å². The van der Waals surface area contributed by atoms with Crippen LogP contribution in [-0.2, 0) is 0 Å². The van der Waals surface area contributed by atoms with Gasteiger partial charge < -0.3 is 4.90 Å². The van der Waals surface area contributed by atoms with E-state index < -0.39 is 0 Å². The summed E-state index contributed by atoms with van der Waals surface area (Å²) in [6.45, 7) is 0. The average molecular weight is 700 g/mol. The molecule has 10 aromatic carbocycles. The van der Waals surface area contributed by atoms with Crippen molar-refractivity contribution in [1.29, 1.82) is 0 Å². The molecule has 0 aliphatic carbocycles. The van der Waals surface area contributed by atoms with Crippen molar-refractivity contribution >= 4 is 49.4 Å². The third-order valence-electron chi connectivity index (χ3n) is 10.8. The Morgan fingerprint density at radius 1 is 0.236 bits per heavy atom. The molecule has 0 N–H and O–H groups in total. The zero-order chi connectivity index (χ0) is 36.6. The lowest BCUT2D eigenvalue weighted by molar-refractivity contribution is 1.30. The maximum Gasteiger partial charge on any atom is 0.0546 e. The molecule has 0 spiro atoms. The van der Waals surface area contributed by atoms with Crippen molar-refractivity contribution in [1.82, 2.24) is 0 Å². The van der Waals surface area contributed by atoms with Crippen molar-refractivity contribution in [2.24, 2.45) is 0 Å². The Morgan fingerprint density at radius 3 is 1.44 bits per heavy atom. The summed E-state index contributed by atoms with van der Waals surface area (Å²) < 4.78 is 0. The third-order valence-corrected chi connectivity index (χ3v) is 10.8. The van der Waals surface area contributed by atoms with E-state index >= 15 is 0 Å². The monoisotopic (exact) mass is 699 g/mol. The number of hydrogen-bond donors (Lipinski definition) is 0. The lowest BCUT2D eigenvalue weighted by Gasteiger charge is -2.31. The highest BCUT2D eigenvalue weighted by atomic mass is 15.1. The maximum atomic E-state index is 2.47. The first kappa shape index (κ1) is 32.4. The molecule has 0 bridgehead atoms. The van der Waals surface area contributed by atoms with E-state index in [-0.39, 0.29) is 0 Å². The van der Waals surface area contributed by atoms with Gasteiger partial charge in [-0.25, -0.2) is 0 Å². The summed E-state index contributed by atoms with van der Waals surface area (Å²) in [6.07, 6.45) is 0. The van der Waals surface area contributed by atoms with Gasteiger partial charge in [-0.2, -0.15) is 0 Å². The summed E-state index contributed by atoms with van der Waals surface area (Å²) in [5.74, 6) is 0. The van der Waals surface area contributed by atoms with Crippen LogP contribution >= 0.6 is 0 Å². The van der Waals surface area contributed by atoms with E-state index in [1.54, 1.807) is 0 Å². The molecule has 0 aromatic heterocycles. The SMILES string of the molecule is c1ccc(-c2ccc(N(c3cc(-c4ccccc4)c(-c4cc5ccccc5c5ccccc45)cc3-c3ccccc3)c3cccc4ccccc34)cc2)cc1. The first-order chi connectivity index (χ1) is 27.3. The highest BCUT2D eigenvalue weighted by Gasteiger charge is 2.24. The Balaban J connectivity index is 1.31. The molecule has 0 atom stereocenters. The van der Waals surface area contributed by atoms with Gasteiger partial charge in [0, 0.05) is 16.6 Å². The van der Waals surface area contributed by atoms with Crippen LogP contribution in [0.15, 0.2) is 224 Å². The van der Waals surface area contributed by atoms with Gasteiger partial charge >= 0.3 is 0 Å². The lowest BCUT2D eigenvalue weighted by atomic mass is 9.86. The Morgan fingerprint density at radius 2 is 0.745 bits per heavy atom. The number of hydrogen-bond acceptors (Lipinski definition) is 1. The van der Waals surface area contributed by atoms with Crippen molar-refractivity contribution in [2.45, 2.75) is 0 Å². The Hall–Kier alpha value is -7.22. The second-order valence-electron chi connectivity index (χ2n) is 14.1. The second-order valence-corrected chi connectivity index (χ2v) is 14.1. The summed E-state index contributed by atoms with van der Waals surface area (Å²) in [7, 11) is 0. The van der Waals surface area contributed by atoms with Gasteiger partial charge in [-0.15, -0.1) is 0 Å². The van der Waals surface area contributed by atoms with Crippen LogP contribution in [0.5, 0.6) is 0 Å². The van der Waals surface area contributed by atoms with Gasteiger partial charge in [0.15, 0.2) is 0 Å². The largest absolute Gasteiger partial charge is 0.309 e. The van der Waals surface area contributed by atoms with Crippen molar-refractivity contribution in [2.75, 3.05) is 4.90 Å². The number of benzene rings is 10. The van der Waals surface area contributed by atoms with E-state index in [2.05, 4.69) is 229 Å². The third kappa shape index (κ3) is 5.93. The quantitative estimate of drug-likeness (QED) is 0.150. The van der Waals surface area contributed by atoms with Crippen molar-refractivity contribution < 1.29 is 0 Å².